The molecule has 1 heterocycles. The summed E-state index contributed by atoms with van der Waals surface area (Å²) in [6.45, 7) is 2.84. The molecule has 0 aromatic heterocycles. The Balaban J connectivity index is 1.67. The zero-order valence-corrected chi connectivity index (χ0v) is 24.6. The molecule has 5 rings (SSSR count). The fraction of sp³-hybridized carbons (Fsp3) is 0.517. The zero-order chi connectivity index (χ0) is 33.5. The summed E-state index contributed by atoms with van der Waals surface area (Å²) in [7, 11) is -4.65. The SMILES string of the molecule is CC(C)(O)CC1NC(=O)N([C@@H]2CC[C@@]3(S(=O)(=O)c4ccc(F)cc4)c4ccc(C(F)(C(F)(F)F)C(F)(F)F)cc4CC[C@@H]23)C1=O. The number of halogens is 8. The van der Waals surface area contributed by atoms with Crippen molar-refractivity contribution < 1.29 is 58.2 Å². The number of carbonyl (C=O) groups excluding carboxylic acids is 2. The molecule has 2 aromatic carbocycles. The van der Waals surface area contributed by atoms with Crippen LogP contribution >= 0.6 is 0 Å². The van der Waals surface area contributed by atoms with E-state index in [9.17, 15) is 53.8 Å². The van der Waals surface area contributed by atoms with Gasteiger partial charge in [-0.2, -0.15) is 26.3 Å². The lowest BCUT2D eigenvalue weighted by atomic mass is 9.73. The van der Waals surface area contributed by atoms with Crippen LogP contribution in [0.2, 0.25) is 0 Å². The number of sulfone groups is 1. The number of hydrogen-bond donors (Lipinski definition) is 2. The molecule has 0 bridgehead atoms. The van der Waals surface area contributed by atoms with Crippen LogP contribution in [0, 0.1) is 11.7 Å². The average Bonchev–Trinajstić information content (AvgIpc) is 3.43. The van der Waals surface area contributed by atoms with Gasteiger partial charge in [0.2, 0.25) is 0 Å². The number of nitrogens with zero attached hydrogens (tertiary/aromatic N) is 1. The van der Waals surface area contributed by atoms with Gasteiger partial charge in [-0.15, -0.1) is 0 Å². The highest BCUT2D eigenvalue weighted by Gasteiger charge is 2.74. The van der Waals surface area contributed by atoms with Crippen molar-refractivity contribution in [3.05, 3.63) is 65.0 Å². The van der Waals surface area contributed by atoms with Gasteiger partial charge in [0.1, 0.15) is 16.6 Å². The van der Waals surface area contributed by atoms with Gasteiger partial charge in [-0.1, -0.05) is 18.2 Å². The second-order valence-corrected chi connectivity index (χ2v) is 14.6. The maximum absolute atomic E-state index is 15.0. The number of carbonyl (C=O) groups is 2. The molecule has 0 spiro atoms. The predicted molar refractivity (Wildman–Crippen MR) is 142 cm³/mol. The first-order chi connectivity index (χ1) is 20.6. The fourth-order valence-electron chi connectivity index (χ4n) is 7.16. The molecule has 1 saturated carbocycles. The van der Waals surface area contributed by atoms with E-state index in [0.29, 0.717) is 6.07 Å². The van der Waals surface area contributed by atoms with Gasteiger partial charge < -0.3 is 10.4 Å². The number of nitrogens with one attached hydrogen (secondary N) is 1. The first-order valence-electron chi connectivity index (χ1n) is 13.9. The van der Waals surface area contributed by atoms with Crippen molar-refractivity contribution in [2.45, 2.75) is 91.3 Å². The van der Waals surface area contributed by atoms with Crippen LogP contribution in [0.25, 0.3) is 0 Å². The van der Waals surface area contributed by atoms with Crippen LogP contribution < -0.4 is 5.32 Å². The molecule has 2 N–H and O–H groups in total. The molecular formula is C29H28F8N2O5S. The number of amides is 3. The Kier molecular flexibility index (Phi) is 7.63. The lowest BCUT2D eigenvalue weighted by Crippen LogP contribution is -2.52. The maximum Gasteiger partial charge on any atom is 0.435 e. The van der Waals surface area contributed by atoms with Crippen LogP contribution in [-0.4, -0.2) is 60.4 Å². The predicted octanol–water partition coefficient (Wildman–Crippen LogP) is 5.59. The lowest BCUT2D eigenvalue weighted by Gasteiger charge is -2.43. The summed E-state index contributed by atoms with van der Waals surface area (Å²) in [5.41, 5.74) is -9.35. The number of fused-ring (bicyclic) bond motifs is 3. The van der Waals surface area contributed by atoms with E-state index < -0.39 is 84.4 Å². The molecule has 4 atom stereocenters. The van der Waals surface area contributed by atoms with Crippen LogP contribution in [0.5, 0.6) is 0 Å². The first kappa shape index (κ1) is 33.1. The average molecular weight is 669 g/mol. The second-order valence-electron chi connectivity index (χ2n) is 12.4. The standard InChI is InChI=1S/C29H28F8N2O5S/c1-25(2,42)14-21-23(40)39(24(41)38-21)22-11-12-26(45(43,44)18-7-5-17(30)6-8-18)19-10-4-16(13-15(19)3-9-20(22)26)27(31,28(32,33)34)29(35,36)37/h4-8,10,13,20-22,42H,3,9,11-12,14H2,1-2H3,(H,38,41)/t20-,21?,22+,26+/m0/s1. The van der Waals surface area contributed by atoms with Gasteiger partial charge in [0, 0.05) is 23.9 Å². The van der Waals surface area contributed by atoms with Gasteiger partial charge in [-0.05, 0) is 74.9 Å². The van der Waals surface area contributed by atoms with Crippen molar-refractivity contribution in [1.29, 1.82) is 0 Å². The Bertz CT molecular complexity index is 1620. The van der Waals surface area contributed by atoms with Gasteiger partial charge in [0.15, 0.2) is 9.84 Å². The fourth-order valence-corrected chi connectivity index (χ4v) is 9.62. The number of alkyl halides is 7. The number of hydrogen-bond acceptors (Lipinski definition) is 5. The van der Waals surface area contributed by atoms with Crippen molar-refractivity contribution in [1.82, 2.24) is 10.2 Å². The van der Waals surface area contributed by atoms with Gasteiger partial charge in [-0.25, -0.2) is 22.0 Å². The summed E-state index contributed by atoms with van der Waals surface area (Å²) in [6, 6.07) is 1.93. The highest BCUT2D eigenvalue weighted by atomic mass is 32.2. The van der Waals surface area contributed by atoms with Crippen molar-refractivity contribution in [3.63, 3.8) is 0 Å². The summed E-state index contributed by atoms with van der Waals surface area (Å²) >= 11 is 0. The Labute approximate surface area is 252 Å². The summed E-state index contributed by atoms with van der Waals surface area (Å²) in [5.74, 6) is -2.61. The van der Waals surface area contributed by atoms with Gasteiger partial charge in [-0.3, -0.25) is 9.69 Å². The topological polar surface area (TPSA) is 104 Å². The Morgan fingerprint density at radius 3 is 2.11 bits per heavy atom. The Morgan fingerprint density at radius 2 is 1.56 bits per heavy atom. The van der Waals surface area contributed by atoms with Crippen LogP contribution in [-0.2, 0) is 31.5 Å². The first-order valence-corrected chi connectivity index (χ1v) is 15.4. The highest BCUT2D eigenvalue weighted by Crippen LogP contribution is 2.60. The minimum atomic E-state index is -6.39. The lowest BCUT2D eigenvalue weighted by molar-refractivity contribution is -0.348. The van der Waals surface area contributed by atoms with Crippen molar-refractivity contribution in [3.8, 4) is 0 Å². The van der Waals surface area contributed by atoms with Crippen LogP contribution in [0.4, 0.5) is 39.9 Å². The third-order valence-electron chi connectivity index (χ3n) is 9.03. The Morgan fingerprint density at radius 1 is 0.956 bits per heavy atom. The molecule has 3 aliphatic rings. The number of urea groups is 1. The molecule has 2 aromatic rings. The zero-order valence-electron chi connectivity index (χ0n) is 23.8. The minimum Gasteiger partial charge on any atom is -0.390 e. The van der Waals surface area contributed by atoms with Crippen molar-refractivity contribution >= 4 is 21.8 Å². The smallest absolute Gasteiger partial charge is 0.390 e. The van der Waals surface area contributed by atoms with E-state index in [-0.39, 0.29) is 49.3 Å². The van der Waals surface area contributed by atoms with Gasteiger partial charge in [0.05, 0.1) is 10.5 Å². The van der Waals surface area contributed by atoms with E-state index in [1.807, 2.05) is 0 Å². The molecule has 1 aliphatic heterocycles. The van der Waals surface area contributed by atoms with Crippen molar-refractivity contribution in [2.75, 3.05) is 0 Å². The molecule has 45 heavy (non-hydrogen) atoms. The van der Waals surface area contributed by atoms with Crippen LogP contribution in [0.3, 0.4) is 0 Å². The van der Waals surface area contributed by atoms with E-state index in [1.165, 1.54) is 13.8 Å². The molecule has 2 fully saturated rings. The molecular weight excluding hydrogens is 640 g/mol. The number of imide groups is 1. The number of aliphatic hydroxyl groups is 1. The van der Waals surface area contributed by atoms with E-state index in [4.69, 9.17) is 0 Å². The normalized spacial score (nSPS) is 26.1. The summed E-state index contributed by atoms with van der Waals surface area (Å²) in [5, 5.41) is 12.7. The third kappa shape index (κ3) is 4.98. The van der Waals surface area contributed by atoms with Crippen LogP contribution in [0.15, 0.2) is 47.4 Å². The van der Waals surface area contributed by atoms with E-state index in [2.05, 4.69) is 5.32 Å². The summed E-state index contributed by atoms with van der Waals surface area (Å²) in [6.07, 6.45) is -13.9. The minimum absolute atomic E-state index is 0.112. The quantitative estimate of drug-likeness (QED) is 0.238. The number of aryl methyl sites for hydroxylation is 1. The third-order valence-corrected chi connectivity index (χ3v) is 11.6. The van der Waals surface area contributed by atoms with E-state index >= 15 is 4.39 Å². The van der Waals surface area contributed by atoms with Gasteiger partial charge in [0.25, 0.3) is 5.91 Å². The number of benzene rings is 2. The van der Waals surface area contributed by atoms with E-state index in [0.717, 1.165) is 35.2 Å². The monoisotopic (exact) mass is 668 g/mol. The second kappa shape index (κ2) is 10.4. The molecule has 2 aliphatic carbocycles. The highest BCUT2D eigenvalue weighted by molar-refractivity contribution is 7.92. The molecule has 246 valence electrons. The maximum atomic E-state index is 15.0. The van der Waals surface area contributed by atoms with E-state index in [1.54, 1.807) is 0 Å². The van der Waals surface area contributed by atoms with Crippen molar-refractivity contribution in [2.24, 2.45) is 5.92 Å². The van der Waals surface area contributed by atoms with Crippen LogP contribution in [0.1, 0.15) is 56.2 Å². The summed E-state index contributed by atoms with van der Waals surface area (Å²) in [4.78, 5) is 26.9. The molecule has 1 unspecified atom stereocenters. The largest absolute Gasteiger partial charge is 0.435 e. The Hall–Kier alpha value is -3.27. The molecule has 7 nitrogen and oxygen atoms in total. The molecule has 3 amide bonds. The van der Waals surface area contributed by atoms with Gasteiger partial charge >= 0.3 is 24.1 Å². The molecule has 1 saturated heterocycles. The molecule has 0 radical (unpaired) electrons. The molecule has 16 heteroatoms. The number of rotatable bonds is 6. The summed E-state index contributed by atoms with van der Waals surface area (Å²) < 4.78 is 137.